The Morgan fingerprint density at radius 2 is 1.25 bits per heavy atom. The van der Waals surface area contributed by atoms with Crippen molar-refractivity contribution in [3.63, 3.8) is 0 Å². The van der Waals surface area contributed by atoms with E-state index in [1.807, 2.05) is 0 Å². The van der Waals surface area contributed by atoms with Crippen molar-refractivity contribution in [2.75, 3.05) is 13.2 Å². The van der Waals surface area contributed by atoms with Gasteiger partial charge in [-0.25, -0.2) is 0 Å². The lowest BCUT2D eigenvalue weighted by Crippen LogP contribution is -2.56. The molecular formula is C23H34O13. The second-order valence-electron chi connectivity index (χ2n) is 10.0. The first-order chi connectivity index (χ1) is 16.7. The van der Waals surface area contributed by atoms with E-state index < -0.39 is 84.8 Å². The lowest BCUT2D eigenvalue weighted by molar-refractivity contribution is -0.260. The minimum Gasteiger partial charge on any atom is -0.463 e. The molecule has 0 bridgehead atoms. The second kappa shape index (κ2) is 10.1. The van der Waals surface area contributed by atoms with Crippen molar-refractivity contribution < 1.29 is 61.8 Å². The van der Waals surface area contributed by atoms with E-state index in [4.69, 9.17) is 47.4 Å². The van der Waals surface area contributed by atoms with Gasteiger partial charge in [-0.05, 0) is 27.7 Å². The van der Waals surface area contributed by atoms with Crippen LogP contribution in [-0.2, 0) is 61.8 Å². The summed E-state index contributed by atoms with van der Waals surface area (Å²) in [6.07, 6.45) is -7.13. The van der Waals surface area contributed by atoms with Crippen LogP contribution in [0.15, 0.2) is 0 Å². The first-order valence-electron chi connectivity index (χ1n) is 11.9. The minimum absolute atomic E-state index is 0.0663. The molecule has 4 heterocycles. The second-order valence-corrected chi connectivity index (χ2v) is 10.0. The maximum atomic E-state index is 11.8. The Hall–Kier alpha value is -1.87. The van der Waals surface area contributed by atoms with Crippen LogP contribution in [0, 0.1) is 0 Å². The molecular weight excluding hydrogens is 484 g/mol. The Morgan fingerprint density at radius 3 is 1.89 bits per heavy atom. The summed E-state index contributed by atoms with van der Waals surface area (Å²) < 4.78 is 57.8. The molecule has 0 saturated carbocycles. The standard InChI is InChI=1S/C23H34O13/c1-10(24)27-8-13-15(29-11(2)25)18(30-12(3)26)20(31-13)28-9-14-16-17(34-22(4,5)33-16)19-21(32-14)36-23(6,7)35-19/h13-21H,8-9H2,1-7H3. The predicted octanol–water partition coefficient (Wildman–Crippen LogP) is 0.551. The van der Waals surface area contributed by atoms with Crippen LogP contribution >= 0.6 is 0 Å². The molecule has 0 aliphatic carbocycles. The van der Waals surface area contributed by atoms with Gasteiger partial charge < -0.3 is 47.4 Å². The van der Waals surface area contributed by atoms with Gasteiger partial charge in [0.05, 0.1) is 6.61 Å². The number of fused-ring (bicyclic) bond motifs is 3. The highest BCUT2D eigenvalue weighted by Gasteiger charge is 2.61. The number of carbonyl (C=O) groups excluding carboxylic acids is 3. The molecule has 0 spiro atoms. The summed E-state index contributed by atoms with van der Waals surface area (Å²) >= 11 is 0. The largest absolute Gasteiger partial charge is 0.463 e. The van der Waals surface area contributed by atoms with E-state index in [1.54, 1.807) is 27.7 Å². The van der Waals surface area contributed by atoms with Gasteiger partial charge in [0.25, 0.3) is 0 Å². The molecule has 9 unspecified atom stereocenters. The Balaban J connectivity index is 1.49. The van der Waals surface area contributed by atoms with Crippen LogP contribution < -0.4 is 0 Å². The summed E-state index contributed by atoms with van der Waals surface area (Å²) in [7, 11) is 0. The first-order valence-corrected chi connectivity index (χ1v) is 11.9. The fourth-order valence-corrected chi connectivity index (χ4v) is 4.83. The normalized spacial score (nSPS) is 40.2. The SMILES string of the molecule is CC(=O)OCC1OC(OCC2OC3OC(C)(C)OC3C3OC(C)(C)OC23)C(OC(C)=O)C1OC(C)=O. The van der Waals surface area contributed by atoms with Gasteiger partial charge in [-0.15, -0.1) is 0 Å². The molecule has 4 saturated heterocycles. The topological polar surface area (TPSA) is 144 Å². The molecule has 0 aromatic carbocycles. The van der Waals surface area contributed by atoms with Crippen LogP contribution in [-0.4, -0.2) is 98.0 Å². The Morgan fingerprint density at radius 1 is 0.667 bits per heavy atom. The molecule has 204 valence electrons. The van der Waals surface area contributed by atoms with Crippen LogP contribution in [0.1, 0.15) is 48.5 Å². The highest BCUT2D eigenvalue weighted by Crippen LogP contribution is 2.44. The summed E-state index contributed by atoms with van der Waals surface area (Å²) in [5.74, 6) is -3.57. The zero-order chi connectivity index (χ0) is 26.4. The first kappa shape index (κ1) is 27.2. The zero-order valence-corrected chi connectivity index (χ0v) is 21.4. The van der Waals surface area contributed by atoms with E-state index in [0.29, 0.717) is 0 Å². The summed E-state index contributed by atoms with van der Waals surface area (Å²) in [6.45, 7) is 10.5. The minimum atomic E-state index is -1.15. The van der Waals surface area contributed by atoms with Gasteiger partial charge >= 0.3 is 17.9 Å². The summed E-state index contributed by atoms with van der Waals surface area (Å²) in [5.41, 5.74) is 0. The van der Waals surface area contributed by atoms with Crippen molar-refractivity contribution in [3.8, 4) is 0 Å². The fourth-order valence-electron chi connectivity index (χ4n) is 4.83. The van der Waals surface area contributed by atoms with E-state index in [0.717, 1.165) is 0 Å². The molecule has 0 amide bonds. The van der Waals surface area contributed by atoms with Crippen LogP contribution in [0.25, 0.3) is 0 Å². The van der Waals surface area contributed by atoms with Crippen LogP contribution in [0.3, 0.4) is 0 Å². The predicted molar refractivity (Wildman–Crippen MR) is 115 cm³/mol. The number of carbonyl (C=O) groups is 3. The van der Waals surface area contributed by atoms with Crippen LogP contribution in [0.4, 0.5) is 0 Å². The highest BCUT2D eigenvalue weighted by atomic mass is 16.9. The van der Waals surface area contributed by atoms with E-state index in [1.165, 1.54) is 20.8 Å². The number of esters is 3. The van der Waals surface area contributed by atoms with Gasteiger partial charge in [0.1, 0.15) is 37.1 Å². The van der Waals surface area contributed by atoms with Crippen molar-refractivity contribution in [2.24, 2.45) is 0 Å². The van der Waals surface area contributed by atoms with Crippen molar-refractivity contribution in [3.05, 3.63) is 0 Å². The molecule has 0 N–H and O–H groups in total. The van der Waals surface area contributed by atoms with Gasteiger partial charge in [0, 0.05) is 20.8 Å². The highest BCUT2D eigenvalue weighted by molar-refractivity contribution is 5.68. The monoisotopic (exact) mass is 518 g/mol. The lowest BCUT2D eigenvalue weighted by Gasteiger charge is -2.37. The number of ether oxygens (including phenoxy) is 10. The molecule has 13 nitrogen and oxygen atoms in total. The molecule has 0 radical (unpaired) electrons. The third-order valence-electron chi connectivity index (χ3n) is 6.00. The Bertz CT molecular complexity index is 857. The number of rotatable bonds is 7. The molecule has 13 heteroatoms. The van der Waals surface area contributed by atoms with Crippen molar-refractivity contribution >= 4 is 17.9 Å². The zero-order valence-electron chi connectivity index (χ0n) is 21.4. The molecule has 4 fully saturated rings. The molecule has 36 heavy (non-hydrogen) atoms. The quantitative estimate of drug-likeness (QED) is 0.342. The number of hydrogen-bond donors (Lipinski definition) is 0. The molecule has 0 aromatic rings. The maximum absolute atomic E-state index is 11.8. The van der Waals surface area contributed by atoms with E-state index in [9.17, 15) is 14.4 Å². The van der Waals surface area contributed by atoms with Gasteiger partial charge in [0.15, 0.2) is 36.4 Å². The lowest BCUT2D eigenvalue weighted by atomic mass is 9.99. The molecule has 4 rings (SSSR count). The average Bonchev–Trinajstić information content (AvgIpc) is 3.34. The number of hydrogen-bond acceptors (Lipinski definition) is 13. The smallest absolute Gasteiger partial charge is 0.303 e. The Kier molecular flexibility index (Phi) is 7.64. The molecule has 0 aromatic heterocycles. The fraction of sp³-hybridized carbons (Fsp3) is 0.870. The van der Waals surface area contributed by atoms with Crippen molar-refractivity contribution in [1.29, 1.82) is 0 Å². The van der Waals surface area contributed by atoms with Gasteiger partial charge in [-0.2, -0.15) is 0 Å². The summed E-state index contributed by atoms with van der Waals surface area (Å²) in [5, 5.41) is 0. The van der Waals surface area contributed by atoms with Crippen LogP contribution in [0.5, 0.6) is 0 Å². The molecule has 4 aliphatic rings. The van der Waals surface area contributed by atoms with E-state index >= 15 is 0 Å². The van der Waals surface area contributed by atoms with E-state index in [-0.39, 0.29) is 13.2 Å². The maximum Gasteiger partial charge on any atom is 0.303 e. The van der Waals surface area contributed by atoms with Gasteiger partial charge in [0.2, 0.25) is 0 Å². The van der Waals surface area contributed by atoms with Gasteiger partial charge in [-0.3, -0.25) is 14.4 Å². The molecule has 9 atom stereocenters. The van der Waals surface area contributed by atoms with Crippen molar-refractivity contribution in [1.82, 2.24) is 0 Å². The van der Waals surface area contributed by atoms with Gasteiger partial charge in [-0.1, -0.05) is 0 Å². The molecule has 4 aliphatic heterocycles. The third kappa shape index (κ3) is 5.98. The third-order valence-corrected chi connectivity index (χ3v) is 6.00. The Labute approximate surface area is 208 Å². The van der Waals surface area contributed by atoms with Crippen LogP contribution in [0.2, 0.25) is 0 Å². The average molecular weight is 519 g/mol. The van der Waals surface area contributed by atoms with Crippen molar-refractivity contribution in [2.45, 2.75) is 115 Å². The summed E-state index contributed by atoms with van der Waals surface area (Å²) in [4.78, 5) is 34.9. The van der Waals surface area contributed by atoms with E-state index in [2.05, 4.69) is 0 Å². The summed E-state index contributed by atoms with van der Waals surface area (Å²) in [6, 6.07) is 0.